The molecular weight excluding hydrogens is 298 g/mol. The van der Waals surface area contributed by atoms with E-state index in [9.17, 15) is 4.79 Å². The summed E-state index contributed by atoms with van der Waals surface area (Å²) in [4.78, 5) is 16.4. The van der Waals surface area contributed by atoms with Crippen molar-refractivity contribution in [2.75, 3.05) is 13.7 Å². The molecule has 0 bridgehead atoms. The quantitative estimate of drug-likeness (QED) is 0.615. The number of nitrogens with one attached hydrogen (secondary N) is 2. The van der Waals surface area contributed by atoms with Crippen molar-refractivity contribution in [3.05, 3.63) is 36.2 Å². The molecule has 3 rings (SSSR count). The van der Waals surface area contributed by atoms with E-state index in [2.05, 4.69) is 30.7 Å². The molecule has 1 amide bonds. The summed E-state index contributed by atoms with van der Waals surface area (Å²) >= 11 is 0. The highest BCUT2D eigenvalue weighted by molar-refractivity contribution is 5.94. The average molecular weight is 315 g/mol. The Labute approximate surface area is 132 Å². The fourth-order valence-corrected chi connectivity index (χ4v) is 2.18. The summed E-state index contributed by atoms with van der Waals surface area (Å²) in [5.41, 5.74) is 0.910. The number of carbonyl (C=O) groups is 1. The van der Waals surface area contributed by atoms with Crippen molar-refractivity contribution in [3.63, 3.8) is 0 Å². The van der Waals surface area contributed by atoms with E-state index in [-0.39, 0.29) is 12.5 Å². The monoisotopic (exact) mass is 315 g/mol. The lowest BCUT2D eigenvalue weighted by Crippen LogP contribution is -2.25. The topological polar surface area (TPSA) is 111 Å². The molecule has 2 N–H and O–H groups in total. The van der Waals surface area contributed by atoms with E-state index >= 15 is 0 Å². The highest BCUT2D eigenvalue weighted by Gasteiger charge is 2.11. The van der Waals surface area contributed by atoms with Gasteiger partial charge in [-0.2, -0.15) is 5.10 Å². The van der Waals surface area contributed by atoms with E-state index in [1.807, 2.05) is 4.57 Å². The van der Waals surface area contributed by atoms with Gasteiger partial charge in [0.2, 0.25) is 0 Å². The van der Waals surface area contributed by atoms with Crippen molar-refractivity contribution in [2.45, 2.75) is 19.5 Å². The van der Waals surface area contributed by atoms with Crippen LogP contribution < -0.4 is 5.32 Å². The SMILES string of the molecule is COCCCn1cnnc1CNC(=O)c1ccc2cn[nH]c2n1. The molecule has 0 spiro atoms. The molecule has 23 heavy (non-hydrogen) atoms. The van der Waals surface area contributed by atoms with Gasteiger partial charge in [-0.3, -0.25) is 9.89 Å². The van der Waals surface area contributed by atoms with Crippen LogP contribution in [-0.2, 0) is 17.8 Å². The number of carbonyl (C=O) groups excluding carboxylic acids is 1. The number of amides is 1. The number of ether oxygens (including phenoxy) is 1. The lowest BCUT2D eigenvalue weighted by Gasteiger charge is -2.07. The standard InChI is InChI=1S/C14H17N7O2/c1-23-6-2-5-21-9-17-19-12(21)8-15-14(22)11-4-3-10-7-16-20-13(10)18-11/h3-4,7,9H,2,5-6,8H2,1H3,(H,15,22)(H,16,18,20). The molecule has 0 fully saturated rings. The second-order valence-electron chi connectivity index (χ2n) is 4.97. The molecule has 0 aliphatic rings. The minimum absolute atomic E-state index is 0.270. The van der Waals surface area contributed by atoms with Gasteiger partial charge in [0.25, 0.3) is 5.91 Å². The Kier molecular flexibility index (Phi) is 4.57. The summed E-state index contributed by atoms with van der Waals surface area (Å²) in [6, 6.07) is 3.46. The van der Waals surface area contributed by atoms with Crippen LogP contribution in [-0.4, -0.2) is 49.6 Å². The van der Waals surface area contributed by atoms with Gasteiger partial charge in [0.15, 0.2) is 11.5 Å². The molecular formula is C14H17N7O2. The number of H-pyrrole nitrogens is 1. The van der Waals surface area contributed by atoms with E-state index < -0.39 is 0 Å². The molecule has 0 saturated carbocycles. The van der Waals surface area contributed by atoms with E-state index in [1.54, 1.807) is 31.8 Å². The van der Waals surface area contributed by atoms with Gasteiger partial charge in [-0.1, -0.05) is 0 Å². The maximum atomic E-state index is 12.2. The number of aromatic amines is 1. The second kappa shape index (κ2) is 6.97. The first kappa shape index (κ1) is 15.1. The van der Waals surface area contributed by atoms with Crippen LogP contribution in [0.4, 0.5) is 0 Å². The summed E-state index contributed by atoms with van der Waals surface area (Å²) in [6.07, 6.45) is 4.16. The number of rotatable bonds is 7. The Balaban J connectivity index is 1.61. The maximum Gasteiger partial charge on any atom is 0.270 e. The van der Waals surface area contributed by atoms with Crippen LogP contribution in [0.15, 0.2) is 24.7 Å². The molecule has 0 saturated heterocycles. The number of hydrogen-bond acceptors (Lipinski definition) is 6. The van der Waals surface area contributed by atoms with Gasteiger partial charge < -0.3 is 14.6 Å². The van der Waals surface area contributed by atoms with Crippen molar-refractivity contribution in [1.82, 2.24) is 35.3 Å². The van der Waals surface area contributed by atoms with Gasteiger partial charge in [0, 0.05) is 25.6 Å². The highest BCUT2D eigenvalue weighted by Crippen LogP contribution is 2.08. The van der Waals surface area contributed by atoms with Crippen molar-refractivity contribution in [3.8, 4) is 0 Å². The molecule has 0 unspecified atom stereocenters. The van der Waals surface area contributed by atoms with E-state index in [4.69, 9.17) is 4.74 Å². The van der Waals surface area contributed by atoms with Gasteiger partial charge >= 0.3 is 0 Å². The Morgan fingerprint density at radius 1 is 1.43 bits per heavy atom. The molecule has 0 aliphatic carbocycles. The lowest BCUT2D eigenvalue weighted by molar-refractivity contribution is 0.0944. The predicted molar refractivity (Wildman–Crippen MR) is 81.6 cm³/mol. The fourth-order valence-electron chi connectivity index (χ4n) is 2.18. The van der Waals surface area contributed by atoms with Gasteiger partial charge in [-0.25, -0.2) is 4.98 Å². The molecule has 0 aliphatic heterocycles. The third kappa shape index (κ3) is 3.51. The predicted octanol–water partition coefficient (Wildman–Crippen LogP) is 0.516. The summed E-state index contributed by atoms with van der Waals surface area (Å²) in [5, 5.41) is 18.2. The number of pyridine rings is 1. The third-order valence-electron chi connectivity index (χ3n) is 3.38. The highest BCUT2D eigenvalue weighted by atomic mass is 16.5. The van der Waals surface area contributed by atoms with E-state index in [0.717, 1.165) is 18.4 Å². The van der Waals surface area contributed by atoms with Crippen LogP contribution in [0.3, 0.4) is 0 Å². The first-order chi connectivity index (χ1) is 11.3. The zero-order valence-corrected chi connectivity index (χ0v) is 12.7. The van der Waals surface area contributed by atoms with Crippen LogP contribution >= 0.6 is 0 Å². The van der Waals surface area contributed by atoms with E-state index in [0.29, 0.717) is 23.8 Å². The molecule has 9 nitrogen and oxygen atoms in total. The zero-order valence-electron chi connectivity index (χ0n) is 12.7. The third-order valence-corrected chi connectivity index (χ3v) is 3.38. The first-order valence-electron chi connectivity index (χ1n) is 7.22. The Bertz CT molecular complexity index is 795. The van der Waals surface area contributed by atoms with Crippen LogP contribution in [0.2, 0.25) is 0 Å². The lowest BCUT2D eigenvalue weighted by atomic mass is 10.3. The molecule has 3 aromatic rings. The van der Waals surface area contributed by atoms with Gasteiger partial charge in [-0.05, 0) is 18.6 Å². The minimum atomic E-state index is -0.270. The molecule has 3 aromatic heterocycles. The van der Waals surface area contributed by atoms with Gasteiger partial charge in [-0.15, -0.1) is 10.2 Å². The summed E-state index contributed by atoms with van der Waals surface area (Å²) in [7, 11) is 1.66. The van der Waals surface area contributed by atoms with Crippen molar-refractivity contribution >= 4 is 16.9 Å². The molecule has 0 atom stereocenters. The van der Waals surface area contributed by atoms with E-state index in [1.165, 1.54) is 0 Å². The van der Waals surface area contributed by atoms with Gasteiger partial charge in [0.1, 0.15) is 12.0 Å². The number of methoxy groups -OCH3 is 1. The maximum absolute atomic E-state index is 12.2. The van der Waals surface area contributed by atoms with Gasteiger partial charge in [0.05, 0.1) is 12.7 Å². The molecule has 0 radical (unpaired) electrons. The van der Waals surface area contributed by atoms with Crippen molar-refractivity contribution in [1.29, 1.82) is 0 Å². The van der Waals surface area contributed by atoms with Crippen molar-refractivity contribution < 1.29 is 9.53 Å². The number of hydrogen-bond donors (Lipinski definition) is 2. The Morgan fingerprint density at radius 2 is 2.35 bits per heavy atom. The second-order valence-corrected chi connectivity index (χ2v) is 4.97. The summed E-state index contributed by atoms with van der Waals surface area (Å²) in [5.74, 6) is 0.421. The Morgan fingerprint density at radius 3 is 3.22 bits per heavy atom. The zero-order chi connectivity index (χ0) is 16.1. The first-order valence-corrected chi connectivity index (χ1v) is 7.22. The summed E-state index contributed by atoms with van der Waals surface area (Å²) in [6.45, 7) is 1.69. The number of aryl methyl sites for hydroxylation is 1. The fraction of sp³-hybridized carbons (Fsp3) is 0.357. The van der Waals surface area contributed by atoms with Crippen LogP contribution in [0.1, 0.15) is 22.7 Å². The van der Waals surface area contributed by atoms with Crippen LogP contribution in [0.5, 0.6) is 0 Å². The number of fused-ring (bicyclic) bond motifs is 1. The smallest absolute Gasteiger partial charge is 0.270 e. The van der Waals surface area contributed by atoms with Crippen molar-refractivity contribution in [2.24, 2.45) is 0 Å². The number of aromatic nitrogens is 6. The molecule has 120 valence electrons. The molecule has 0 aromatic carbocycles. The average Bonchev–Trinajstić information content (AvgIpc) is 3.21. The van der Waals surface area contributed by atoms with Crippen LogP contribution in [0, 0.1) is 0 Å². The Hall–Kier alpha value is -2.81. The summed E-state index contributed by atoms with van der Waals surface area (Å²) < 4.78 is 6.92. The number of nitrogens with zero attached hydrogens (tertiary/aromatic N) is 5. The largest absolute Gasteiger partial charge is 0.385 e. The minimum Gasteiger partial charge on any atom is -0.385 e. The van der Waals surface area contributed by atoms with Crippen LogP contribution in [0.25, 0.3) is 11.0 Å². The molecule has 3 heterocycles. The normalized spacial score (nSPS) is 11.0. The molecule has 9 heteroatoms.